The average molecular weight is 556 g/mol. The van der Waals surface area contributed by atoms with Gasteiger partial charge in [0.2, 0.25) is 0 Å². The van der Waals surface area contributed by atoms with Gasteiger partial charge in [0.25, 0.3) is 15.9 Å². The highest BCUT2D eigenvalue weighted by atomic mass is 32.2. The molecule has 3 aromatic rings. The zero-order chi connectivity index (χ0) is 28.2. The normalized spacial score (nSPS) is 18.6. The van der Waals surface area contributed by atoms with Crippen LogP contribution in [0.25, 0.3) is 0 Å². The van der Waals surface area contributed by atoms with Gasteiger partial charge in [0.1, 0.15) is 11.9 Å². The summed E-state index contributed by atoms with van der Waals surface area (Å²) in [6, 6.07) is 18.7. The number of aliphatic hydroxyl groups excluding tert-OH is 1. The molecule has 4 rings (SSSR count). The van der Waals surface area contributed by atoms with E-state index in [9.17, 15) is 22.7 Å². The topological polar surface area (TPSA) is 99.2 Å². The Morgan fingerprint density at radius 2 is 1.79 bits per heavy atom. The minimum atomic E-state index is -4.10. The van der Waals surface area contributed by atoms with Crippen molar-refractivity contribution in [3.8, 4) is 5.75 Å². The molecule has 1 aliphatic heterocycles. The zero-order valence-corrected chi connectivity index (χ0v) is 23.1. The molecule has 10 heteroatoms. The Morgan fingerprint density at radius 1 is 1.10 bits per heavy atom. The molecule has 1 aliphatic rings. The first-order valence-electron chi connectivity index (χ1n) is 12.8. The summed E-state index contributed by atoms with van der Waals surface area (Å²) in [6.07, 6.45) is -0.407. The van der Waals surface area contributed by atoms with Crippen LogP contribution in [-0.2, 0) is 16.6 Å². The fraction of sp³-hybridized carbons (Fsp3) is 0.345. The van der Waals surface area contributed by atoms with Crippen LogP contribution in [-0.4, -0.2) is 68.1 Å². The van der Waals surface area contributed by atoms with Crippen molar-refractivity contribution in [3.63, 3.8) is 0 Å². The summed E-state index contributed by atoms with van der Waals surface area (Å²) in [5.74, 6) is -0.941. The standard InChI is InChI=1S/C29H34FN3O5S/c1-20-16-33(21(2)19-34)29(35)25-10-7-11-26(31-39(36,37)24-14-12-23(30)13-15-24)28(25)38-27(20)18-32(3)17-22-8-5-4-6-9-22/h4-15,20-21,27,31,34H,16-19H2,1-3H3/t20-,21+,27+/m1/s1. The summed E-state index contributed by atoms with van der Waals surface area (Å²) in [7, 11) is -2.13. The SMILES string of the molecule is C[C@@H]1CN([C@@H](C)CO)C(=O)c2cccc(NS(=O)(=O)c3ccc(F)cc3)c2O[C@H]1CN(C)Cc1ccccc1. The molecule has 208 valence electrons. The monoisotopic (exact) mass is 555 g/mol. The van der Waals surface area contributed by atoms with Crippen molar-refractivity contribution in [2.24, 2.45) is 5.92 Å². The van der Waals surface area contributed by atoms with E-state index in [0.717, 1.165) is 17.7 Å². The van der Waals surface area contributed by atoms with Gasteiger partial charge in [-0.3, -0.25) is 14.4 Å². The zero-order valence-electron chi connectivity index (χ0n) is 22.2. The number of sulfonamides is 1. The van der Waals surface area contributed by atoms with Gasteiger partial charge in [-0.1, -0.05) is 43.3 Å². The van der Waals surface area contributed by atoms with Gasteiger partial charge in [0, 0.05) is 25.6 Å². The number of para-hydroxylation sites is 1. The molecule has 1 amide bonds. The summed E-state index contributed by atoms with van der Waals surface area (Å²) in [5.41, 5.74) is 1.43. The molecule has 0 aromatic heterocycles. The van der Waals surface area contributed by atoms with Crippen LogP contribution >= 0.6 is 0 Å². The number of fused-ring (bicyclic) bond motifs is 1. The number of ether oxygens (including phenoxy) is 1. The largest absolute Gasteiger partial charge is 0.486 e. The highest BCUT2D eigenvalue weighted by Gasteiger charge is 2.35. The second-order valence-corrected chi connectivity index (χ2v) is 11.7. The van der Waals surface area contributed by atoms with Gasteiger partial charge in [-0.2, -0.15) is 0 Å². The molecule has 3 atom stereocenters. The van der Waals surface area contributed by atoms with E-state index in [2.05, 4.69) is 9.62 Å². The molecule has 0 saturated heterocycles. The average Bonchev–Trinajstić information content (AvgIpc) is 2.91. The summed E-state index contributed by atoms with van der Waals surface area (Å²) < 4.78 is 48.7. The van der Waals surface area contributed by atoms with Crippen molar-refractivity contribution in [2.45, 2.75) is 37.4 Å². The smallest absolute Gasteiger partial charge is 0.262 e. The van der Waals surface area contributed by atoms with E-state index < -0.39 is 28.0 Å². The number of hydrogen-bond donors (Lipinski definition) is 2. The second kappa shape index (κ2) is 12.1. The summed E-state index contributed by atoms with van der Waals surface area (Å²) in [5, 5.41) is 9.88. The predicted octanol–water partition coefficient (Wildman–Crippen LogP) is 3.98. The highest BCUT2D eigenvalue weighted by molar-refractivity contribution is 7.92. The Bertz CT molecular complexity index is 1390. The van der Waals surface area contributed by atoms with Crippen molar-refractivity contribution >= 4 is 21.6 Å². The Kier molecular flexibility index (Phi) is 8.89. The van der Waals surface area contributed by atoms with Crippen LogP contribution < -0.4 is 9.46 Å². The Labute approximate surface area is 229 Å². The maximum Gasteiger partial charge on any atom is 0.262 e. The van der Waals surface area contributed by atoms with Crippen LogP contribution in [0.15, 0.2) is 77.7 Å². The molecule has 0 radical (unpaired) electrons. The predicted molar refractivity (Wildman–Crippen MR) is 148 cm³/mol. The van der Waals surface area contributed by atoms with Gasteiger partial charge in [-0.15, -0.1) is 0 Å². The number of hydrogen-bond acceptors (Lipinski definition) is 6. The summed E-state index contributed by atoms with van der Waals surface area (Å²) >= 11 is 0. The number of likely N-dealkylation sites (N-methyl/N-ethyl adjacent to an activating group) is 1. The van der Waals surface area contributed by atoms with Crippen LogP contribution in [0.3, 0.4) is 0 Å². The van der Waals surface area contributed by atoms with Crippen LogP contribution in [0.1, 0.15) is 29.8 Å². The fourth-order valence-electron chi connectivity index (χ4n) is 4.63. The van der Waals surface area contributed by atoms with Gasteiger partial charge in [-0.05, 0) is 55.9 Å². The van der Waals surface area contributed by atoms with Crippen LogP contribution in [0.4, 0.5) is 10.1 Å². The Morgan fingerprint density at radius 3 is 2.46 bits per heavy atom. The fourth-order valence-corrected chi connectivity index (χ4v) is 5.69. The van der Waals surface area contributed by atoms with Gasteiger partial charge in [0.15, 0.2) is 5.75 Å². The molecule has 0 spiro atoms. The minimum absolute atomic E-state index is 0.103. The van der Waals surface area contributed by atoms with Crippen LogP contribution in [0, 0.1) is 11.7 Å². The van der Waals surface area contributed by atoms with Crippen LogP contribution in [0.5, 0.6) is 5.75 Å². The van der Waals surface area contributed by atoms with Crippen LogP contribution in [0.2, 0.25) is 0 Å². The molecule has 0 bridgehead atoms. The van der Waals surface area contributed by atoms with Crippen molar-refractivity contribution in [2.75, 3.05) is 31.5 Å². The third kappa shape index (κ3) is 6.76. The Hall–Kier alpha value is -3.47. The number of nitrogens with one attached hydrogen (secondary N) is 1. The van der Waals surface area contributed by atoms with Crippen molar-refractivity contribution in [1.82, 2.24) is 9.80 Å². The lowest BCUT2D eigenvalue weighted by Crippen LogP contribution is -2.49. The number of carbonyl (C=O) groups is 1. The maximum atomic E-state index is 13.6. The molecular weight excluding hydrogens is 521 g/mol. The molecule has 0 aliphatic carbocycles. The molecular formula is C29H34FN3O5S. The lowest BCUT2D eigenvalue weighted by atomic mass is 9.99. The number of carbonyl (C=O) groups excluding carboxylic acids is 1. The molecule has 0 unspecified atom stereocenters. The number of amides is 1. The lowest BCUT2D eigenvalue weighted by Gasteiger charge is -2.38. The molecule has 3 aromatic carbocycles. The first-order valence-corrected chi connectivity index (χ1v) is 14.3. The first-order chi connectivity index (χ1) is 18.6. The summed E-state index contributed by atoms with van der Waals surface area (Å²) in [4.78, 5) is 17.2. The number of halogens is 1. The third-order valence-electron chi connectivity index (χ3n) is 6.85. The van der Waals surface area contributed by atoms with E-state index >= 15 is 0 Å². The minimum Gasteiger partial charge on any atom is -0.486 e. The van der Waals surface area contributed by atoms with E-state index in [1.807, 2.05) is 44.3 Å². The molecule has 39 heavy (non-hydrogen) atoms. The van der Waals surface area contributed by atoms with Gasteiger partial charge in [0.05, 0.1) is 28.8 Å². The number of rotatable bonds is 9. The number of aliphatic hydroxyl groups is 1. The molecule has 8 nitrogen and oxygen atoms in total. The van der Waals surface area contributed by atoms with Gasteiger partial charge >= 0.3 is 0 Å². The van der Waals surface area contributed by atoms with E-state index in [1.54, 1.807) is 24.0 Å². The Balaban J connectivity index is 1.71. The van der Waals surface area contributed by atoms with Crippen molar-refractivity contribution < 1.29 is 27.4 Å². The maximum absolute atomic E-state index is 13.6. The van der Waals surface area contributed by atoms with E-state index in [0.29, 0.717) is 19.6 Å². The van der Waals surface area contributed by atoms with Gasteiger partial charge in [-0.25, -0.2) is 12.8 Å². The quantitative estimate of drug-likeness (QED) is 0.415. The van der Waals surface area contributed by atoms with E-state index in [4.69, 9.17) is 4.74 Å². The summed E-state index contributed by atoms with van der Waals surface area (Å²) in [6.45, 7) is 5.06. The first kappa shape index (κ1) is 28.5. The second-order valence-electron chi connectivity index (χ2n) is 10.0. The number of anilines is 1. The van der Waals surface area contributed by atoms with E-state index in [1.165, 1.54) is 18.2 Å². The van der Waals surface area contributed by atoms with Crippen molar-refractivity contribution in [3.05, 3.63) is 89.7 Å². The number of nitrogens with zero attached hydrogens (tertiary/aromatic N) is 2. The number of benzene rings is 3. The van der Waals surface area contributed by atoms with Gasteiger partial charge < -0.3 is 14.7 Å². The molecule has 0 fully saturated rings. The highest BCUT2D eigenvalue weighted by Crippen LogP contribution is 2.36. The lowest BCUT2D eigenvalue weighted by molar-refractivity contribution is 0.0344. The van der Waals surface area contributed by atoms with Crippen molar-refractivity contribution in [1.29, 1.82) is 0 Å². The third-order valence-corrected chi connectivity index (χ3v) is 8.23. The molecule has 0 saturated carbocycles. The van der Waals surface area contributed by atoms with E-state index in [-0.39, 0.29) is 40.3 Å². The molecule has 2 N–H and O–H groups in total. The molecule has 1 heterocycles.